The van der Waals surface area contributed by atoms with Crippen LogP contribution < -0.4 is 5.43 Å². The topological polar surface area (TPSA) is 91.2 Å². The van der Waals surface area contributed by atoms with Crippen molar-refractivity contribution >= 4 is 22.3 Å². The average molecular weight is 195 g/mol. The molecule has 0 unspecified atom stereocenters. The molecule has 66 valence electrons. The number of aromatic amines is 1. The summed E-state index contributed by atoms with van der Waals surface area (Å²) in [5, 5.41) is 21.6. The van der Waals surface area contributed by atoms with Gasteiger partial charge in [0, 0.05) is 6.07 Å². The monoisotopic (exact) mass is 195 g/mol. The number of rotatable bonds is 3. The normalized spacial score (nSPS) is 10.8. The quantitative estimate of drug-likeness (QED) is 0.571. The smallest absolute Gasteiger partial charge is 0.253 e. The number of hydrogen-bond donors (Lipinski definition) is 2. The lowest BCUT2D eigenvalue weighted by Crippen LogP contribution is -1.85. The van der Waals surface area contributed by atoms with Crippen molar-refractivity contribution in [1.82, 2.24) is 20.4 Å². The average Bonchev–Trinajstić information content (AvgIpc) is 2.75. The second kappa shape index (κ2) is 3.72. The van der Waals surface area contributed by atoms with Crippen molar-refractivity contribution in [2.75, 3.05) is 5.43 Å². The minimum Gasteiger partial charge on any atom is -0.262 e. The van der Waals surface area contributed by atoms with Gasteiger partial charge in [0.2, 0.25) is 0 Å². The zero-order valence-corrected chi connectivity index (χ0v) is 7.19. The minimum absolute atomic E-state index is 0.506. The molecular formula is C5H5N7S. The Balaban J connectivity index is 1.93. The molecule has 2 heterocycles. The van der Waals surface area contributed by atoms with Crippen LogP contribution in [-0.2, 0) is 0 Å². The van der Waals surface area contributed by atoms with Crippen LogP contribution in [0, 0.1) is 0 Å². The van der Waals surface area contributed by atoms with Crippen molar-refractivity contribution in [2.24, 2.45) is 10.3 Å². The van der Waals surface area contributed by atoms with Gasteiger partial charge in [-0.2, -0.15) is 5.10 Å². The van der Waals surface area contributed by atoms with E-state index in [0.29, 0.717) is 10.9 Å². The van der Waals surface area contributed by atoms with E-state index in [2.05, 4.69) is 36.2 Å². The van der Waals surface area contributed by atoms with E-state index in [4.69, 9.17) is 0 Å². The molecule has 2 aromatic heterocycles. The summed E-state index contributed by atoms with van der Waals surface area (Å²) in [4.78, 5) is 0. The lowest BCUT2D eigenvalue weighted by atomic mass is 10.7. The van der Waals surface area contributed by atoms with E-state index in [0.717, 1.165) is 0 Å². The molecule has 0 aromatic carbocycles. The fourth-order valence-electron chi connectivity index (χ4n) is 0.651. The highest BCUT2D eigenvalue weighted by Crippen LogP contribution is 2.12. The van der Waals surface area contributed by atoms with Crippen LogP contribution in [-0.4, -0.2) is 20.4 Å². The maximum atomic E-state index is 3.75. The number of aromatic nitrogens is 4. The number of anilines is 1. The highest BCUT2D eigenvalue weighted by Gasteiger charge is 1.91. The maximum Gasteiger partial charge on any atom is 0.253 e. The second-order valence-corrected chi connectivity index (χ2v) is 2.82. The predicted octanol–water partition coefficient (Wildman–Crippen LogP) is 1.37. The molecule has 0 aliphatic rings. The summed E-state index contributed by atoms with van der Waals surface area (Å²) in [6.07, 6.45) is 1.61. The Bertz CT molecular complexity index is 364. The van der Waals surface area contributed by atoms with Gasteiger partial charge in [-0.05, 0) is 0 Å². The van der Waals surface area contributed by atoms with Gasteiger partial charge < -0.3 is 0 Å². The Morgan fingerprint density at radius 3 is 3.23 bits per heavy atom. The molecule has 0 saturated heterocycles. The molecule has 2 rings (SSSR count). The summed E-state index contributed by atoms with van der Waals surface area (Å²) in [5.41, 5.74) is 4.23. The van der Waals surface area contributed by atoms with E-state index >= 15 is 0 Å². The predicted molar refractivity (Wildman–Crippen MR) is 46.6 cm³/mol. The van der Waals surface area contributed by atoms with Crippen molar-refractivity contribution in [3.63, 3.8) is 0 Å². The third-order valence-corrected chi connectivity index (χ3v) is 1.73. The first kappa shape index (κ1) is 7.80. The van der Waals surface area contributed by atoms with Crippen molar-refractivity contribution in [2.45, 2.75) is 0 Å². The Morgan fingerprint density at radius 2 is 2.54 bits per heavy atom. The number of nitrogens with one attached hydrogen (secondary N) is 2. The van der Waals surface area contributed by atoms with Gasteiger partial charge in [0.25, 0.3) is 5.13 Å². The molecule has 2 N–H and O–H groups in total. The van der Waals surface area contributed by atoms with Crippen LogP contribution in [0.15, 0.2) is 28.1 Å². The van der Waals surface area contributed by atoms with Gasteiger partial charge in [0.05, 0.1) is 6.20 Å². The summed E-state index contributed by atoms with van der Waals surface area (Å²) in [7, 11) is 0. The summed E-state index contributed by atoms with van der Waals surface area (Å²) < 4.78 is 0. The van der Waals surface area contributed by atoms with Crippen LogP contribution >= 0.6 is 11.3 Å². The van der Waals surface area contributed by atoms with Gasteiger partial charge in [-0.3, -0.25) is 5.10 Å². The van der Waals surface area contributed by atoms with Crippen LogP contribution in [0.4, 0.5) is 10.9 Å². The van der Waals surface area contributed by atoms with Gasteiger partial charge >= 0.3 is 0 Å². The van der Waals surface area contributed by atoms with Gasteiger partial charge in [-0.1, -0.05) is 21.7 Å². The molecule has 0 aliphatic heterocycles. The first-order valence-electron chi connectivity index (χ1n) is 3.37. The Hall–Kier alpha value is -1.83. The van der Waals surface area contributed by atoms with Crippen LogP contribution in [0.1, 0.15) is 0 Å². The second-order valence-electron chi connectivity index (χ2n) is 2.00. The highest BCUT2D eigenvalue weighted by molar-refractivity contribution is 7.13. The summed E-state index contributed by atoms with van der Waals surface area (Å²) in [5.74, 6) is 0.674. The molecule has 0 amide bonds. The SMILES string of the molecule is c1cc(NN=Nc2nncs2)[nH]n1. The molecule has 0 spiro atoms. The van der Waals surface area contributed by atoms with E-state index in [-0.39, 0.29) is 0 Å². The summed E-state index contributed by atoms with van der Waals surface area (Å²) >= 11 is 1.31. The number of nitrogens with zero attached hydrogens (tertiary/aromatic N) is 5. The molecule has 2 aromatic rings. The summed E-state index contributed by atoms with van der Waals surface area (Å²) in [6.45, 7) is 0. The van der Waals surface area contributed by atoms with E-state index in [1.165, 1.54) is 11.3 Å². The molecule has 0 saturated carbocycles. The van der Waals surface area contributed by atoms with Gasteiger partial charge in [-0.25, -0.2) is 5.43 Å². The first-order valence-corrected chi connectivity index (χ1v) is 4.25. The molecule has 0 bridgehead atoms. The lowest BCUT2D eigenvalue weighted by molar-refractivity contribution is 1.02. The Labute approximate surface area is 76.9 Å². The van der Waals surface area contributed by atoms with E-state index in [1.807, 2.05) is 0 Å². The number of hydrogen-bond acceptors (Lipinski definition) is 6. The number of H-pyrrole nitrogens is 1. The van der Waals surface area contributed by atoms with Crippen molar-refractivity contribution < 1.29 is 0 Å². The zero-order chi connectivity index (χ0) is 8.93. The van der Waals surface area contributed by atoms with Crippen molar-refractivity contribution in [3.05, 3.63) is 17.8 Å². The van der Waals surface area contributed by atoms with E-state index in [9.17, 15) is 0 Å². The van der Waals surface area contributed by atoms with Gasteiger partial charge in [0.15, 0.2) is 0 Å². The molecular weight excluding hydrogens is 190 g/mol. The summed E-state index contributed by atoms with van der Waals surface area (Å²) in [6, 6.07) is 1.74. The van der Waals surface area contributed by atoms with Crippen LogP contribution in [0.5, 0.6) is 0 Å². The minimum atomic E-state index is 0.506. The van der Waals surface area contributed by atoms with E-state index < -0.39 is 0 Å². The van der Waals surface area contributed by atoms with E-state index in [1.54, 1.807) is 17.8 Å². The molecule has 0 radical (unpaired) electrons. The largest absolute Gasteiger partial charge is 0.262 e. The zero-order valence-electron chi connectivity index (χ0n) is 6.38. The first-order chi connectivity index (χ1) is 6.45. The molecule has 8 heteroatoms. The Kier molecular flexibility index (Phi) is 2.23. The third-order valence-electron chi connectivity index (χ3n) is 1.16. The lowest BCUT2D eigenvalue weighted by Gasteiger charge is -1.89. The van der Waals surface area contributed by atoms with Crippen LogP contribution in [0.2, 0.25) is 0 Å². The van der Waals surface area contributed by atoms with Gasteiger partial charge in [-0.15, -0.1) is 10.2 Å². The molecule has 7 nitrogen and oxygen atoms in total. The fraction of sp³-hybridized carbons (Fsp3) is 0. The molecule has 0 fully saturated rings. The van der Waals surface area contributed by atoms with Gasteiger partial charge in [0.1, 0.15) is 11.3 Å². The molecule has 0 aliphatic carbocycles. The maximum absolute atomic E-state index is 3.75. The van der Waals surface area contributed by atoms with Crippen LogP contribution in [0.25, 0.3) is 0 Å². The molecule has 0 atom stereocenters. The highest BCUT2D eigenvalue weighted by atomic mass is 32.1. The third kappa shape index (κ3) is 2.06. The Morgan fingerprint density at radius 1 is 1.54 bits per heavy atom. The standard InChI is InChI=1S/C5H5N7S/c1-2-6-8-4(1)9-12-11-5-10-7-3-13-5/h1-3H,(H2,6,8,9,10,11). The molecule has 13 heavy (non-hydrogen) atoms. The van der Waals surface area contributed by atoms with Crippen LogP contribution in [0.3, 0.4) is 0 Å². The fourth-order valence-corrected chi connectivity index (χ4v) is 1.02. The van der Waals surface area contributed by atoms with Crippen molar-refractivity contribution in [3.8, 4) is 0 Å². The van der Waals surface area contributed by atoms with Crippen molar-refractivity contribution in [1.29, 1.82) is 0 Å².